The highest BCUT2D eigenvalue weighted by molar-refractivity contribution is 5.87. The summed E-state index contributed by atoms with van der Waals surface area (Å²) < 4.78 is 5.30. The number of amides is 3. The molecule has 0 spiro atoms. The Hall–Kier alpha value is -2.08. The Kier molecular flexibility index (Phi) is 6.28. The molecular weight excluding hydrogens is 318 g/mol. The van der Waals surface area contributed by atoms with Gasteiger partial charge in [0.15, 0.2) is 0 Å². The van der Waals surface area contributed by atoms with Crippen molar-refractivity contribution < 1.29 is 14.3 Å². The van der Waals surface area contributed by atoms with Crippen LogP contribution >= 0.6 is 0 Å². The number of ether oxygens (including phenoxy) is 1. The predicted molar refractivity (Wildman–Crippen MR) is 95.3 cm³/mol. The lowest BCUT2D eigenvalue weighted by Crippen LogP contribution is -2.55. The van der Waals surface area contributed by atoms with Crippen molar-refractivity contribution in [1.82, 2.24) is 15.1 Å². The molecule has 0 bridgehead atoms. The average molecular weight is 345 g/mol. The van der Waals surface area contributed by atoms with Crippen LogP contribution in [0.1, 0.15) is 24.8 Å². The highest BCUT2D eigenvalue weighted by Gasteiger charge is 2.29. The number of piperidine rings is 1. The van der Waals surface area contributed by atoms with Crippen molar-refractivity contribution in [3.05, 3.63) is 35.9 Å². The topological polar surface area (TPSA) is 61.9 Å². The second kappa shape index (κ2) is 8.85. The number of nitrogens with one attached hydrogen (secondary N) is 1. The second-order valence-electron chi connectivity index (χ2n) is 6.68. The second-order valence-corrected chi connectivity index (χ2v) is 6.68. The summed E-state index contributed by atoms with van der Waals surface area (Å²) in [5.74, 6) is 0.0326. The Morgan fingerprint density at radius 1 is 0.960 bits per heavy atom. The Labute approximate surface area is 149 Å². The van der Waals surface area contributed by atoms with Crippen molar-refractivity contribution in [1.29, 1.82) is 0 Å². The van der Waals surface area contributed by atoms with Gasteiger partial charge in [0.1, 0.15) is 6.04 Å². The minimum Gasteiger partial charge on any atom is -0.378 e. The number of carbonyl (C=O) groups is 2. The number of rotatable bonds is 4. The lowest BCUT2D eigenvalue weighted by atomic mass is 10.0. The summed E-state index contributed by atoms with van der Waals surface area (Å²) in [5, 5.41) is 2.97. The zero-order valence-electron chi connectivity index (χ0n) is 14.7. The van der Waals surface area contributed by atoms with Gasteiger partial charge in [0.05, 0.1) is 13.2 Å². The van der Waals surface area contributed by atoms with Gasteiger partial charge < -0.3 is 19.9 Å². The highest BCUT2D eigenvalue weighted by atomic mass is 16.5. The summed E-state index contributed by atoms with van der Waals surface area (Å²) in [7, 11) is 0. The highest BCUT2D eigenvalue weighted by Crippen LogP contribution is 2.13. The van der Waals surface area contributed by atoms with E-state index in [9.17, 15) is 9.59 Å². The van der Waals surface area contributed by atoms with E-state index in [0.717, 1.165) is 31.5 Å². The summed E-state index contributed by atoms with van der Waals surface area (Å²) in [4.78, 5) is 29.2. The summed E-state index contributed by atoms with van der Waals surface area (Å²) in [6.07, 6.45) is 3.78. The molecule has 3 rings (SSSR count). The third-order valence-electron chi connectivity index (χ3n) is 4.84. The fourth-order valence-electron chi connectivity index (χ4n) is 3.39. The van der Waals surface area contributed by atoms with Gasteiger partial charge in [0.2, 0.25) is 5.91 Å². The third-order valence-corrected chi connectivity index (χ3v) is 4.84. The Morgan fingerprint density at radius 2 is 1.64 bits per heavy atom. The van der Waals surface area contributed by atoms with Crippen LogP contribution in [0.3, 0.4) is 0 Å². The van der Waals surface area contributed by atoms with Crippen LogP contribution in [0.5, 0.6) is 0 Å². The summed E-state index contributed by atoms with van der Waals surface area (Å²) in [5.41, 5.74) is 1.06. The summed E-state index contributed by atoms with van der Waals surface area (Å²) in [6, 6.07) is 9.18. The van der Waals surface area contributed by atoms with Crippen molar-refractivity contribution in [3.8, 4) is 0 Å². The Bertz CT molecular complexity index is 567. The quantitative estimate of drug-likeness (QED) is 0.903. The molecule has 2 fully saturated rings. The molecule has 1 aromatic rings. The van der Waals surface area contributed by atoms with Crippen molar-refractivity contribution >= 4 is 11.9 Å². The summed E-state index contributed by atoms with van der Waals surface area (Å²) in [6.45, 7) is 3.83. The molecule has 1 N–H and O–H groups in total. The van der Waals surface area contributed by atoms with Gasteiger partial charge in [-0.3, -0.25) is 4.79 Å². The largest absolute Gasteiger partial charge is 0.378 e. The summed E-state index contributed by atoms with van der Waals surface area (Å²) >= 11 is 0. The number of morpholine rings is 1. The fraction of sp³-hybridized carbons (Fsp3) is 0.579. The smallest absolute Gasteiger partial charge is 0.318 e. The predicted octanol–water partition coefficient (Wildman–Crippen LogP) is 1.65. The maximum absolute atomic E-state index is 13.0. The van der Waals surface area contributed by atoms with Crippen LogP contribution in [0.25, 0.3) is 0 Å². The average Bonchev–Trinajstić information content (AvgIpc) is 2.69. The molecule has 2 aliphatic heterocycles. The van der Waals surface area contributed by atoms with Crippen LogP contribution in [0.4, 0.5) is 4.79 Å². The van der Waals surface area contributed by atoms with Crippen LogP contribution in [0.15, 0.2) is 30.3 Å². The van der Waals surface area contributed by atoms with Gasteiger partial charge in [0.25, 0.3) is 0 Å². The maximum atomic E-state index is 13.0. The van der Waals surface area contributed by atoms with E-state index in [1.54, 1.807) is 4.90 Å². The van der Waals surface area contributed by atoms with E-state index in [2.05, 4.69) is 5.32 Å². The van der Waals surface area contributed by atoms with E-state index >= 15 is 0 Å². The van der Waals surface area contributed by atoms with Crippen molar-refractivity contribution in [2.75, 3.05) is 39.4 Å². The monoisotopic (exact) mass is 345 g/mol. The molecule has 0 aromatic heterocycles. The molecule has 0 saturated carbocycles. The van der Waals surface area contributed by atoms with E-state index < -0.39 is 6.04 Å². The molecule has 2 saturated heterocycles. The fourth-order valence-corrected chi connectivity index (χ4v) is 3.39. The van der Waals surface area contributed by atoms with Gasteiger partial charge in [-0.05, 0) is 24.8 Å². The molecular formula is C19H27N3O3. The van der Waals surface area contributed by atoms with Gasteiger partial charge in [-0.1, -0.05) is 30.3 Å². The number of hydrogen-bond donors (Lipinski definition) is 1. The molecule has 2 heterocycles. The minimum atomic E-state index is -0.518. The normalized spacial score (nSPS) is 19.4. The van der Waals surface area contributed by atoms with E-state index in [-0.39, 0.29) is 11.9 Å². The van der Waals surface area contributed by atoms with Crippen molar-refractivity contribution in [2.24, 2.45) is 0 Å². The van der Waals surface area contributed by atoms with Gasteiger partial charge >= 0.3 is 6.03 Å². The first kappa shape index (κ1) is 17.7. The van der Waals surface area contributed by atoms with E-state index in [0.29, 0.717) is 32.7 Å². The first-order valence-electron chi connectivity index (χ1n) is 9.20. The lowest BCUT2D eigenvalue weighted by molar-refractivity contribution is -0.134. The molecule has 0 aliphatic carbocycles. The lowest BCUT2D eigenvalue weighted by Gasteiger charge is -2.33. The van der Waals surface area contributed by atoms with E-state index in [1.165, 1.54) is 6.42 Å². The third kappa shape index (κ3) is 4.95. The zero-order chi connectivity index (χ0) is 17.5. The number of likely N-dealkylation sites (tertiary alicyclic amines) is 1. The molecule has 2 aliphatic rings. The number of nitrogens with zero attached hydrogens (tertiary/aromatic N) is 2. The zero-order valence-corrected chi connectivity index (χ0v) is 14.7. The van der Waals surface area contributed by atoms with Crippen LogP contribution < -0.4 is 5.32 Å². The van der Waals surface area contributed by atoms with Gasteiger partial charge in [0, 0.05) is 32.6 Å². The molecule has 6 nitrogen and oxygen atoms in total. The van der Waals surface area contributed by atoms with E-state index in [1.807, 2.05) is 35.2 Å². The Morgan fingerprint density at radius 3 is 2.32 bits per heavy atom. The van der Waals surface area contributed by atoms with Crippen LogP contribution in [0.2, 0.25) is 0 Å². The number of hydrogen-bond acceptors (Lipinski definition) is 3. The molecule has 0 unspecified atom stereocenters. The number of benzene rings is 1. The molecule has 136 valence electrons. The standard InChI is InChI=1S/C19H27N3O3/c23-18(21-9-5-2-6-10-21)17(15-16-7-3-1-4-8-16)20-19(24)22-11-13-25-14-12-22/h1,3-4,7-8,17H,2,5-6,9-15H2,(H,20,24)/t17-/m1/s1. The minimum absolute atomic E-state index is 0.0326. The van der Waals surface area contributed by atoms with Crippen LogP contribution in [0, 0.1) is 0 Å². The molecule has 1 aromatic carbocycles. The molecule has 25 heavy (non-hydrogen) atoms. The van der Waals surface area contributed by atoms with Crippen molar-refractivity contribution in [2.45, 2.75) is 31.7 Å². The van der Waals surface area contributed by atoms with Gasteiger partial charge in [-0.25, -0.2) is 4.79 Å². The first-order chi connectivity index (χ1) is 12.2. The molecule has 1 atom stereocenters. The Balaban J connectivity index is 1.68. The molecule has 3 amide bonds. The van der Waals surface area contributed by atoms with Crippen LogP contribution in [-0.2, 0) is 16.0 Å². The van der Waals surface area contributed by atoms with Crippen LogP contribution in [-0.4, -0.2) is 67.2 Å². The molecule has 6 heteroatoms. The molecule has 0 radical (unpaired) electrons. The van der Waals surface area contributed by atoms with E-state index in [4.69, 9.17) is 4.74 Å². The number of carbonyl (C=O) groups excluding carboxylic acids is 2. The van der Waals surface area contributed by atoms with Gasteiger partial charge in [-0.15, -0.1) is 0 Å². The SMILES string of the molecule is O=C(N[C@H](Cc1ccccc1)C(=O)N1CCCCC1)N1CCOCC1. The first-order valence-corrected chi connectivity index (χ1v) is 9.20. The van der Waals surface area contributed by atoms with Crippen molar-refractivity contribution in [3.63, 3.8) is 0 Å². The number of urea groups is 1. The maximum Gasteiger partial charge on any atom is 0.318 e. The van der Waals surface area contributed by atoms with Gasteiger partial charge in [-0.2, -0.15) is 0 Å².